The first-order valence-corrected chi connectivity index (χ1v) is 11.4. The zero-order chi connectivity index (χ0) is 21.4. The number of carbonyl (C=O) groups excluding carboxylic acids is 2. The summed E-state index contributed by atoms with van der Waals surface area (Å²) in [4.78, 5) is 28.7. The van der Waals surface area contributed by atoms with Crippen molar-refractivity contribution in [2.45, 2.75) is 19.3 Å². The second-order valence-electron chi connectivity index (χ2n) is 7.82. The average molecular weight is 438 g/mol. The van der Waals surface area contributed by atoms with Crippen molar-refractivity contribution in [1.82, 2.24) is 19.9 Å². The summed E-state index contributed by atoms with van der Waals surface area (Å²) < 4.78 is 7.50. The van der Waals surface area contributed by atoms with E-state index in [-0.39, 0.29) is 17.1 Å². The molecule has 9 heteroatoms. The van der Waals surface area contributed by atoms with Gasteiger partial charge in [-0.3, -0.25) is 9.59 Å². The molecule has 2 aliphatic rings. The highest BCUT2D eigenvalue weighted by atomic mass is 32.2. The van der Waals surface area contributed by atoms with Crippen LogP contribution in [0.1, 0.15) is 24.8 Å². The highest BCUT2D eigenvalue weighted by Crippen LogP contribution is 2.29. The number of aromatic nitrogens is 2. The molecule has 1 aromatic carbocycles. The van der Waals surface area contributed by atoms with Crippen LogP contribution in [0.5, 0.6) is 0 Å². The van der Waals surface area contributed by atoms with Crippen LogP contribution >= 0.6 is 11.8 Å². The number of rotatable bonds is 7. The molecular formula is C22H23N5O3S. The van der Waals surface area contributed by atoms with Gasteiger partial charge in [-0.15, -0.1) is 0 Å². The molecule has 1 fully saturated rings. The van der Waals surface area contributed by atoms with Gasteiger partial charge in [-0.25, -0.2) is 9.99 Å². The van der Waals surface area contributed by atoms with Gasteiger partial charge in [-0.2, -0.15) is 5.10 Å². The fourth-order valence-corrected chi connectivity index (χ4v) is 4.40. The first-order chi connectivity index (χ1) is 15.1. The van der Waals surface area contributed by atoms with E-state index in [9.17, 15) is 9.59 Å². The Morgan fingerprint density at radius 2 is 2.19 bits per heavy atom. The molecule has 2 amide bonds. The lowest BCUT2D eigenvalue weighted by Gasteiger charge is -2.23. The van der Waals surface area contributed by atoms with Gasteiger partial charge in [-0.05, 0) is 43.5 Å². The quantitative estimate of drug-likeness (QED) is 0.570. The Bertz CT molecular complexity index is 1160. The number of amides is 2. The second kappa shape index (κ2) is 8.22. The van der Waals surface area contributed by atoms with Gasteiger partial charge >= 0.3 is 5.24 Å². The minimum absolute atomic E-state index is 0.0590. The van der Waals surface area contributed by atoms with E-state index in [0.717, 1.165) is 46.7 Å². The summed E-state index contributed by atoms with van der Waals surface area (Å²) in [7, 11) is 1.96. The SMILES string of the molecule is Cn1c(-c2ccco2)nc2cc(C3=NN(CCCNC(=O)C4CC4)C(=O)SC3)ccc21. The zero-order valence-electron chi connectivity index (χ0n) is 17.2. The van der Waals surface area contributed by atoms with E-state index in [1.165, 1.54) is 16.8 Å². The summed E-state index contributed by atoms with van der Waals surface area (Å²) in [5.41, 5.74) is 3.64. The number of hydrogen-bond donors (Lipinski definition) is 1. The molecule has 2 aromatic heterocycles. The molecule has 0 atom stereocenters. The van der Waals surface area contributed by atoms with Crippen molar-refractivity contribution in [1.29, 1.82) is 0 Å². The minimum atomic E-state index is -0.0590. The molecule has 1 N–H and O–H groups in total. The van der Waals surface area contributed by atoms with Gasteiger partial charge in [-0.1, -0.05) is 17.8 Å². The molecule has 0 unspecified atom stereocenters. The summed E-state index contributed by atoms with van der Waals surface area (Å²) in [5, 5.41) is 8.97. The maximum absolute atomic E-state index is 12.3. The molecule has 160 valence electrons. The fraction of sp³-hybridized carbons (Fsp3) is 0.364. The molecule has 3 heterocycles. The third-order valence-electron chi connectivity index (χ3n) is 5.53. The lowest BCUT2D eigenvalue weighted by Crippen LogP contribution is -2.33. The standard InChI is InChI=1S/C22H23N5O3S/c1-26-18-8-7-15(12-16(18)24-20(26)19-4-2-11-30-19)17-13-31-22(29)27(25-17)10-3-9-23-21(28)14-5-6-14/h2,4,7-8,11-12,14H,3,5-6,9-10,13H2,1H3,(H,23,28). The smallest absolute Gasteiger partial charge is 0.302 e. The van der Waals surface area contributed by atoms with Crippen LogP contribution in [0.25, 0.3) is 22.6 Å². The minimum Gasteiger partial charge on any atom is -0.461 e. The maximum Gasteiger partial charge on any atom is 0.302 e. The molecular weight excluding hydrogens is 414 g/mol. The van der Waals surface area contributed by atoms with Crippen LogP contribution in [0.3, 0.4) is 0 Å². The van der Waals surface area contributed by atoms with Gasteiger partial charge in [0.15, 0.2) is 11.6 Å². The van der Waals surface area contributed by atoms with Crippen molar-refractivity contribution in [2.75, 3.05) is 18.8 Å². The van der Waals surface area contributed by atoms with Crippen molar-refractivity contribution in [3.05, 3.63) is 42.2 Å². The van der Waals surface area contributed by atoms with Gasteiger partial charge in [0, 0.05) is 37.4 Å². The highest BCUT2D eigenvalue weighted by molar-refractivity contribution is 8.14. The number of thioether (sulfide) groups is 1. The van der Waals surface area contributed by atoms with Gasteiger partial charge in [0.25, 0.3) is 0 Å². The number of fused-ring (bicyclic) bond motifs is 1. The lowest BCUT2D eigenvalue weighted by molar-refractivity contribution is -0.122. The number of nitrogens with zero attached hydrogens (tertiary/aromatic N) is 4. The Morgan fingerprint density at radius 1 is 1.32 bits per heavy atom. The Hall–Kier alpha value is -3.07. The number of nitrogens with one attached hydrogen (secondary N) is 1. The molecule has 1 saturated carbocycles. The van der Waals surface area contributed by atoms with Gasteiger partial charge in [0.1, 0.15) is 0 Å². The highest BCUT2D eigenvalue weighted by Gasteiger charge is 2.29. The van der Waals surface area contributed by atoms with Gasteiger partial charge in [0.2, 0.25) is 5.91 Å². The first kappa shape index (κ1) is 19.9. The number of furan rings is 1. The Labute approximate surface area is 183 Å². The molecule has 5 rings (SSSR count). The number of imidazole rings is 1. The number of hydrogen-bond acceptors (Lipinski definition) is 6. The van der Waals surface area contributed by atoms with Crippen molar-refractivity contribution < 1.29 is 14.0 Å². The van der Waals surface area contributed by atoms with Crippen LogP contribution < -0.4 is 5.32 Å². The van der Waals surface area contributed by atoms with E-state index in [0.29, 0.717) is 25.3 Å². The maximum atomic E-state index is 12.3. The molecule has 0 radical (unpaired) electrons. The van der Waals surface area contributed by atoms with Gasteiger partial charge < -0.3 is 14.3 Å². The van der Waals surface area contributed by atoms with Crippen LogP contribution in [0, 0.1) is 5.92 Å². The number of aryl methyl sites for hydroxylation is 1. The average Bonchev–Trinajstić information content (AvgIpc) is 3.39. The molecule has 3 aromatic rings. The third kappa shape index (κ3) is 4.10. The summed E-state index contributed by atoms with van der Waals surface area (Å²) in [6, 6.07) is 9.77. The number of hydrazone groups is 1. The largest absolute Gasteiger partial charge is 0.461 e. The van der Waals surface area contributed by atoms with Crippen LogP contribution in [0.15, 0.2) is 46.1 Å². The van der Waals surface area contributed by atoms with Crippen molar-refractivity contribution in [2.24, 2.45) is 18.1 Å². The Morgan fingerprint density at radius 3 is 2.97 bits per heavy atom. The predicted molar refractivity (Wildman–Crippen MR) is 120 cm³/mol. The van der Waals surface area contributed by atoms with Crippen molar-refractivity contribution >= 4 is 39.7 Å². The molecule has 0 spiro atoms. The van der Waals surface area contributed by atoms with E-state index in [1.807, 2.05) is 41.9 Å². The molecule has 0 saturated heterocycles. The van der Waals surface area contributed by atoms with E-state index in [1.54, 1.807) is 6.26 Å². The summed E-state index contributed by atoms with van der Waals surface area (Å²) in [6.07, 6.45) is 4.29. The van der Waals surface area contributed by atoms with E-state index < -0.39 is 0 Å². The predicted octanol–water partition coefficient (Wildman–Crippen LogP) is 3.62. The van der Waals surface area contributed by atoms with Crippen LogP contribution in [-0.4, -0.2) is 50.3 Å². The number of benzene rings is 1. The molecule has 1 aliphatic carbocycles. The second-order valence-corrected chi connectivity index (χ2v) is 8.75. The van der Waals surface area contributed by atoms with Crippen LogP contribution in [0.2, 0.25) is 0 Å². The Kier molecular flexibility index (Phi) is 5.27. The monoisotopic (exact) mass is 437 g/mol. The molecule has 31 heavy (non-hydrogen) atoms. The fourth-order valence-electron chi connectivity index (χ4n) is 3.64. The molecule has 8 nitrogen and oxygen atoms in total. The van der Waals surface area contributed by atoms with E-state index in [4.69, 9.17) is 9.40 Å². The molecule has 1 aliphatic heterocycles. The van der Waals surface area contributed by atoms with E-state index in [2.05, 4.69) is 10.4 Å². The van der Waals surface area contributed by atoms with E-state index >= 15 is 0 Å². The first-order valence-electron chi connectivity index (χ1n) is 10.4. The lowest BCUT2D eigenvalue weighted by atomic mass is 10.1. The van der Waals surface area contributed by atoms with Crippen LogP contribution in [-0.2, 0) is 11.8 Å². The van der Waals surface area contributed by atoms with Crippen LogP contribution in [0.4, 0.5) is 4.79 Å². The summed E-state index contributed by atoms with van der Waals surface area (Å²) >= 11 is 1.25. The van der Waals surface area contributed by atoms with Crippen molar-refractivity contribution in [3.8, 4) is 11.6 Å². The Balaban J connectivity index is 1.31. The molecule has 0 bridgehead atoms. The normalized spacial score (nSPS) is 16.6. The topological polar surface area (TPSA) is 92.7 Å². The summed E-state index contributed by atoms with van der Waals surface area (Å²) in [6.45, 7) is 1.04. The third-order valence-corrected chi connectivity index (χ3v) is 6.41. The summed E-state index contributed by atoms with van der Waals surface area (Å²) in [5.74, 6) is 2.34. The number of carbonyl (C=O) groups is 2. The zero-order valence-corrected chi connectivity index (χ0v) is 18.0. The van der Waals surface area contributed by atoms with Crippen molar-refractivity contribution in [3.63, 3.8) is 0 Å². The van der Waals surface area contributed by atoms with Gasteiger partial charge in [0.05, 0.1) is 23.0 Å².